The van der Waals surface area contributed by atoms with Crippen LogP contribution in [0, 0.1) is 0 Å². The van der Waals surface area contributed by atoms with Gasteiger partial charge in [-0.2, -0.15) is 0 Å². The van der Waals surface area contributed by atoms with Gasteiger partial charge in [0.25, 0.3) is 0 Å². The summed E-state index contributed by atoms with van der Waals surface area (Å²) in [5, 5.41) is 9.00. The summed E-state index contributed by atoms with van der Waals surface area (Å²) in [5.74, 6) is -0.755. The zero-order valence-electron chi connectivity index (χ0n) is 9.93. The van der Waals surface area contributed by atoms with Gasteiger partial charge in [-0.3, -0.25) is 4.90 Å². The molecule has 1 saturated heterocycles. The van der Waals surface area contributed by atoms with Crippen LogP contribution in [0.25, 0.3) is 0 Å². The van der Waals surface area contributed by atoms with Gasteiger partial charge in [-0.1, -0.05) is 0 Å². The predicted molar refractivity (Wildman–Crippen MR) is 70.1 cm³/mol. The minimum absolute atomic E-state index is 0.0420. The van der Waals surface area contributed by atoms with Crippen LogP contribution in [0.1, 0.15) is 23.3 Å². The Labute approximate surface area is 114 Å². The third-order valence-corrected chi connectivity index (χ3v) is 3.32. The molecule has 2 heterocycles. The summed E-state index contributed by atoms with van der Waals surface area (Å²) in [6.07, 6.45) is 3.93. The number of aromatic nitrogens is 1. The molecule has 1 aromatic rings. The number of aromatic carboxylic acids is 1. The van der Waals surface area contributed by atoms with Gasteiger partial charge in [0.05, 0.1) is 0 Å². The number of carbonyl (C=O) groups is 1. The Hall–Kier alpha value is -1.14. The zero-order chi connectivity index (χ0) is 13.0. The summed E-state index contributed by atoms with van der Waals surface area (Å²) in [7, 11) is 0. The number of rotatable bonds is 5. The lowest BCUT2D eigenvalue weighted by Gasteiger charge is -2.15. The monoisotopic (exact) mass is 314 g/mol. The van der Waals surface area contributed by atoms with E-state index in [0.717, 1.165) is 19.6 Å². The molecule has 0 unspecified atom stereocenters. The first kappa shape index (κ1) is 13.3. The maximum Gasteiger partial charge on any atom is 0.358 e. The number of hydrogen-bond donors (Lipinski definition) is 1. The Kier molecular flexibility index (Phi) is 4.54. The first-order valence-electron chi connectivity index (χ1n) is 5.91. The van der Waals surface area contributed by atoms with Crippen molar-refractivity contribution in [1.82, 2.24) is 9.88 Å². The maximum absolute atomic E-state index is 11.0. The smallest absolute Gasteiger partial charge is 0.358 e. The molecule has 0 atom stereocenters. The Morgan fingerprint density at radius 2 is 2.22 bits per heavy atom. The molecule has 1 fully saturated rings. The number of hydrogen-bond acceptors (Lipinski definition) is 4. The third kappa shape index (κ3) is 3.43. The molecule has 0 spiro atoms. The van der Waals surface area contributed by atoms with Crippen LogP contribution in [-0.4, -0.2) is 47.2 Å². The summed E-state index contributed by atoms with van der Waals surface area (Å²) in [5.41, 5.74) is -0.0420. The zero-order valence-corrected chi connectivity index (χ0v) is 11.5. The number of pyridine rings is 1. The summed E-state index contributed by atoms with van der Waals surface area (Å²) in [6.45, 7) is 3.52. The largest absolute Gasteiger partial charge is 0.490 e. The second-order valence-electron chi connectivity index (χ2n) is 4.20. The van der Waals surface area contributed by atoms with Crippen molar-refractivity contribution < 1.29 is 14.6 Å². The number of nitrogens with zero attached hydrogens (tertiary/aromatic N) is 2. The Morgan fingerprint density at radius 3 is 2.89 bits per heavy atom. The molecule has 98 valence electrons. The highest BCUT2D eigenvalue weighted by Crippen LogP contribution is 2.21. The molecular formula is C12H15BrN2O3. The van der Waals surface area contributed by atoms with Crippen molar-refractivity contribution in [3.8, 4) is 5.75 Å². The molecule has 5 nitrogen and oxygen atoms in total. The third-order valence-electron chi connectivity index (χ3n) is 2.89. The molecule has 1 aliphatic heterocycles. The SMILES string of the molecule is O=C(O)c1ncc(Br)cc1OCCN1CCCC1. The molecule has 6 heteroatoms. The van der Waals surface area contributed by atoms with Crippen molar-refractivity contribution in [2.45, 2.75) is 12.8 Å². The van der Waals surface area contributed by atoms with Crippen molar-refractivity contribution in [2.75, 3.05) is 26.2 Å². The second kappa shape index (κ2) is 6.15. The summed E-state index contributed by atoms with van der Waals surface area (Å²) in [4.78, 5) is 17.1. The van der Waals surface area contributed by atoms with Crippen molar-refractivity contribution >= 4 is 21.9 Å². The maximum atomic E-state index is 11.0. The standard InChI is InChI=1S/C12H15BrN2O3/c13-9-7-10(11(12(16)17)14-8-9)18-6-5-15-3-1-2-4-15/h7-8H,1-6H2,(H,16,17). The highest BCUT2D eigenvalue weighted by molar-refractivity contribution is 9.10. The molecule has 0 aromatic carbocycles. The number of carboxylic acids is 1. The molecule has 1 aliphatic rings. The van der Waals surface area contributed by atoms with Gasteiger partial charge in [0.15, 0.2) is 11.4 Å². The summed E-state index contributed by atoms with van der Waals surface area (Å²) < 4.78 is 6.24. The van der Waals surface area contributed by atoms with Gasteiger partial charge in [0, 0.05) is 17.2 Å². The lowest BCUT2D eigenvalue weighted by molar-refractivity contribution is 0.0684. The molecule has 0 bridgehead atoms. The van der Waals surface area contributed by atoms with E-state index in [1.54, 1.807) is 6.07 Å². The molecule has 0 radical (unpaired) electrons. The van der Waals surface area contributed by atoms with E-state index in [-0.39, 0.29) is 5.69 Å². The average molecular weight is 315 g/mol. The van der Waals surface area contributed by atoms with Crippen molar-refractivity contribution in [1.29, 1.82) is 0 Å². The Balaban J connectivity index is 1.94. The molecule has 1 N–H and O–H groups in total. The van der Waals surface area contributed by atoms with Crippen LogP contribution in [0.2, 0.25) is 0 Å². The summed E-state index contributed by atoms with van der Waals surface area (Å²) >= 11 is 3.26. The lowest BCUT2D eigenvalue weighted by atomic mass is 10.3. The van der Waals surface area contributed by atoms with E-state index in [4.69, 9.17) is 9.84 Å². The predicted octanol–water partition coefficient (Wildman–Crippen LogP) is 2.02. The molecule has 2 rings (SSSR count). The van der Waals surface area contributed by atoms with E-state index in [1.807, 2.05) is 0 Å². The molecule has 0 saturated carbocycles. The molecule has 0 amide bonds. The minimum atomic E-state index is -1.07. The molecule has 0 aliphatic carbocycles. The molecule has 1 aromatic heterocycles. The lowest BCUT2D eigenvalue weighted by Crippen LogP contribution is -2.25. The Bertz CT molecular complexity index is 433. The average Bonchev–Trinajstić information content (AvgIpc) is 2.82. The number of ether oxygens (including phenoxy) is 1. The van der Waals surface area contributed by atoms with Crippen LogP contribution >= 0.6 is 15.9 Å². The van der Waals surface area contributed by atoms with Crippen LogP contribution in [0.4, 0.5) is 0 Å². The fraction of sp³-hybridized carbons (Fsp3) is 0.500. The van der Waals surface area contributed by atoms with Crippen LogP contribution in [0.5, 0.6) is 5.75 Å². The summed E-state index contributed by atoms with van der Waals surface area (Å²) in [6, 6.07) is 1.64. The normalized spacial score (nSPS) is 15.8. The highest BCUT2D eigenvalue weighted by Gasteiger charge is 2.15. The number of carboxylic acid groups (broad SMARTS) is 1. The molecular weight excluding hydrogens is 300 g/mol. The first-order valence-corrected chi connectivity index (χ1v) is 6.70. The van der Waals surface area contributed by atoms with Gasteiger partial charge in [-0.25, -0.2) is 9.78 Å². The van der Waals surface area contributed by atoms with E-state index < -0.39 is 5.97 Å². The van der Waals surface area contributed by atoms with Gasteiger partial charge < -0.3 is 9.84 Å². The van der Waals surface area contributed by atoms with E-state index in [0.29, 0.717) is 16.8 Å². The van der Waals surface area contributed by atoms with Crippen molar-refractivity contribution in [3.05, 3.63) is 22.4 Å². The quantitative estimate of drug-likeness (QED) is 0.901. The number of likely N-dealkylation sites (tertiary alicyclic amines) is 1. The Morgan fingerprint density at radius 1 is 1.50 bits per heavy atom. The fourth-order valence-corrected chi connectivity index (χ4v) is 2.29. The van der Waals surface area contributed by atoms with E-state index in [9.17, 15) is 4.79 Å². The van der Waals surface area contributed by atoms with Gasteiger partial charge in [0.2, 0.25) is 0 Å². The van der Waals surface area contributed by atoms with Gasteiger partial charge in [-0.15, -0.1) is 0 Å². The van der Waals surface area contributed by atoms with Crippen LogP contribution in [0.15, 0.2) is 16.7 Å². The van der Waals surface area contributed by atoms with Crippen molar-refractivity contribution in [2.24, 2.45) is 0 Å². The molecule has 18 heavy (non-hydrogen) atoms. The van der Waals surface area contributed by atoms with E-state index in [1.165, 1.54) is 19.0 Å². The van der Waals surface area contributed by atoms with E-state index >= 15 is 0 Å². The minimum Gasteiger partial charge on any atom is -0.490 e. The topological polar surface area (TPSA) is 62.7 Å². The van der Waals surface area contributed by atoms with Crippen LogP contribution < -0.4 is 4.74 Å². The van der Waals surface area contributed by atoms with Gasteiger partial charge in [-0.05, 0) is 47.9 Å². The van der Waals surface area contributed by atoms with E-state index in [2.05, 4.69) is 25.8 Å². The van der Waals surface area contributed by atoms with Gasteiger partial charge in [0.1, 0.15) is 6.61 Å². The fourth-order valence-electron chi connectivity index (χ4n) is 1.98. The van der Waals surface area contributed by atoms with Crippen molar-refractivity contribution in [3.63, 3.8) is 0 Å². The van der Waals surface area contributed by atoms with Crippen LogP contribution in [0.3, 0.4) is 0 Å². The second-order valence-corrected chi connectivity index (χ2v) is 5.12. The number of halogens is 1. The van der Waals surface area contributed by atoms with Crippen LogP contribution in [-0.2, 0) is 0 Å². The first-order chi connectivity index (χ1) is 8.66. The highest BCUT2D eigenvalue weighted by atomic mass is 79.9. The van der Waals surface area contributed by atoms with Gasteiger partial charge >= 0.3 is 5.97 Å².